The SMILES string of the molecule is COCCCOc1cc(C[C@@H](C[C@H](NC(=O)OC(C)(C)C)[C@H](CN2CCCCC2)OC(=O)[C@@H](NC(=O)OC(C)(C)C)C(C)C)C(C)C)ccc1OC. The van der Waals surface area contributed by atoms with Crippen LogP contribution < -0.4 is 20.1 Å². The minimum Gasteiger partial charge on any atom is -0.493 e. The molecule has 0 unspecified atom stereocenters. The van der Waals surface area contributed by atoms with Gasteiger partial charge in [0.25, 0.3) is 0 Å². The summed E-state index contributed by atoms with van der Waals surface area (Å²) < 4.78 is 34.4. The molecular weight excluding hydrogens is 666 g/mol. The fourth-order valence-corrected chi connectivity index (χ4v) is 6.13. The highest BCUT2D eigenvalue weighted by atomic mass is 16.6. The minimum absolute atomic E-state index is 0.0676. The molecule has 0 saturated carbocycles. The maximum atomic E-state index is 14.0. The zero-order valence-electron chi connectivity index (χ0n) is 34.1. The molecule has 0 aliphatic carbocycles. The third-order valence-corrected chi connectivity index (χ3v) is 8.87. The first-order valence-electron chi connectivity index (χ1n) is 19.0. The summed E-state index contributed by atoms with van der Waals surface area (Å²) in [6.07, 6.45) is 3.17. The lowest BCUT2D eigenvalue weighted by molar-refractivity contribution is -0.156. The van der Waals surface area contributed by atoms with Gasteiger partial charge in [0.2, 0.25) is 0 Å². The standard InChI is InChI=1S/C40H69N3O9/c1-27(2)30(23-29-17-18-32(48-12)33(24-29)49-22-16-21-47-11)25-31(41-37(45)51-39(5,6)7)34(26-43-19-14-13-15-20-43)50-36(44)35(28(3)4)42-38(46)52-40(8,9)10/h17-18,24,27-28,30-31,34-35H,13-16,19-23,25-26H2,1-12H3,(H,41,45)(H,42,46)/t30-,31-,34-,35-/m0/s1. The van der Waals surface area contributed by atoms with Crippen LogP contribution in [0.3, 0.4) is 0 Å². The molecule has 12 nitrogen and oxygen atoms in total. The molecule has 52 heavy (non-hydrogen) atoms. The Hall–Kier alpha value is -3.25. The summed E-state index contributed by atoms with van der Waals surface area (Å²) in [4.78, 5) is 42.5. The van der Waals surface area contributed by atoms with E-state index >= 15 is 0 Å². The molecule has 298 valence electrons. The number of methoxy groups -OCH3 is 2. The third-order valence-electron chi connectivity index (χ3n) is 8.87. The molecule has 2 amide bonds. The molecule has 1 aromatic rings. The van der Waals surface area contributed by atoms with Crippen molar-refractivity contribution in [2.24, 2.45) is 17.8 Å². The Bertz CT molecular complexity index is 1240. The summed E-state index contributed by atoms with van der Waals surface area (Å²) in [5.74, 6) is 0.733. The first-order valence-corrected chi connectivity index (χ1v) is 19.0. The van der Waals surface area contributed by atoms with Crippen molar-refractivity contribution in [1.29, 1.82) is 0 Å². The fourth-order valence-electron chi connectivity index (χ4n) is 6.13. The van der Waals surface area contributed by atoms with Crippen LogP contribution >= 0.6 is 0 Å². The Labute approximate surface area is 313 Å². The smallest absolute Gasteiger partial charge is 0.408 e. The number of nitrogens with one attached hydrogen (secondary N) is 2. The summed E-state index contributed by atoms with van der Waals surface area (Å²) in [6.45, 7) is 22.0. The molecule has 0 aromatic heterocycles. The van der Waals surface area contributed by atoms with Crippen molar-refractivity contribution < 1.29 is 42.8 Å². The average Bonchev–Trinajstić information content (AvgIpc) is 3.03. The molecule has 1 saturated heterocycles. The van der Waals surface area contributed by atoms with Crippen molar-refractivity contribution >= 4 is 18.2 Å². The van der Waals surface area contributed by atoms with Gasteiger partial charge >= 0.3 is 18.2 Å². The number of carbonyl (C=O) groups excluding carboxylic acids is 3. The number of likely N-dealkylation sites (tertiary alicyclic amines) is 1. The molecule has 1 fully saturated rings. The molecule has 1 aliphatic heterocycles. The quantitative estimate of drug-likeness (QED) is 0.0857. The van der Waals surface area contributed by atoms with Gasteiger partial charge in [-0.1, -0.05) is 40.2 Å². The first kappa shape index (κ1) is 44.9. The molecule has 2 rings (SSSR count). The molecule has 0 bridgehead atoms. The van der Waals surface area contributed by atoms with Crippen molar-refractivity contribution in [1.82, 2.24) is 15.5 Å². The number of hydrogen-bond donors (Lipinski definition) is 2. The molecule has 1 aliphatic rings. The highest BCUT2D eigenvalue weighted by Crippen LogP contribution is 2.32. The van der Waals surface area contributed by atoms with E-state index in [9.17, 15) is 14.4 Å². The van der Waals surface area contributed by atoms with E-state index in [1.165, 1.54) is 0 Å². The summed E-state index contributed by atoms with van der Waals surface area (Å²) in [5, 5.41) is 5.85. The van der Waals surface area contributed by atoms with Crippen LogP contribution in [0.15, 0.2) is 18.2 Å². The summed E-state index contributed by atoms with van der Waals surface area (Å²) in [6, 6.07) is 4.42. The summed E-state index contributed by atoms with van der Waals surface area (Å²) in [5.41, 5.74) is -0.404. The second kappa shape index (κ2) is 21.5. The van der Waals surface area contributed by atoms with Crippen molar-refractivity contribution in [2.45, 2.75) is 137 Å². The first-order chi connectivity index (χ1) is 24.3. The van der Waals surface area contributed by atoms with E-state index in [0.717, 1.165) is 44.3 Å². The molecule has 4 atom stereocenters. The number of alkyl carbamates (subject to hydrolysis) is 2. The minimum atomic E-state index is -0.955. The molecule has 0 spiro atoms. The van der Waals surface area contributed by atoms with Crippen LogP contribution in [-0.4, -0.2) is 99.5 Å². The van der Waals surface area contributed by atoms with E-state index in [1.807, 2.05) is 52.8 Å². The Morgan fingerprint density at radius 2 is 1.42 bits per heavy atom. The number of esters is 1. The average molecular weight is 736 g/mol. The number of rotatable bonds is 19. The van der Waals surface area contributed by atoms with E-state index < -0.39 is 47.5 Å². The van der Waals surface area contributed by atoms with Gasteiger partial charge < -0.3 is 39.1 Å². The van der Waals surface area contributed by atoms with Crippen LogP contribution in [0.4, 0.5) is 9.59 Å². The lowest BCUT2D eigenvalue weighted by Crippen LogP contribution is -2.55. The van der Waals surface area contributed by atoms with Gasteiger partial charge in [0, 0.05) is 26.7 Å². The Morgan fingerprint density at radius 3 is 1.96 bits per heavy atom. The van der Waals surface area contributed by atoms with Crippen LogP contribution in [0.1, 0.15) is 107 Å². The number of hydrogen-bond acceptors (Lipinski definition) is 10. The number of nitrogens with zero attached hydrogens (tertiary/aromatic N) is 1. The molecule has 12 heteroatoms. The van der Waals surface area contributed by atoms with Crippen molar-refractivity contribution in [3.05, 3.63) is 23.8 Å². The van der Waals surface area contributed by atoms with Gasteiger partial charge in [-0.25, -0.2) is 14.4 Å². The van der Waals surface area contributed by atoms with Crippen molar-refractivity contribution in [2.75, 3.05) is 47.1 Å². The lowest BCUT2D eigenvalue weighted by Gasteiger charge is -2.37. The van der Waals surface area contributed by atoms with Gasteiger partial charge in [0.15, 0.2) is 11.5 Å². The van der Waals surface area contributed by atoms with Crippen molar-refractivity contribution in [3.8, 4) is 11.5 Å². The summed E-state index contributed by atoms with van der Waals surface area (Å²) in [7, 11) is 3.29. The number of amides is 2. The van der Waals surface area contributed by atoms with E-state index in [0.29, 0.717) is 44.1 Å². The molecular formula is C40H69N3O9. The monoisotopic (exact) mass is 736 g/mol. The third kappa shape index (κ3) is 17.1. The second-order valence-corrected chi connectivity index (χ2v) is 16.6. The predicted molar refractivity (Wildman–Crippen MR) is 203 cm³/mol. The van der Waals surface area contributed by atoms with Crippen molar-refractivity contribution in [3.63, 3.8) is 0 Å². The highest BCUT2D eigenvalue weighted by Gasteiger charge is 2.37. The fraction of sp³-hybridized carbons (Fsp3) is 0.775. The molecule has 1 aromatic carbocycles. The maximum Gasteiger partial charge on any atom is 0.408 e. The van der Waals surface area contributed by atoms with Crippen LogP contribution in [-0.2, 0) is 30.2 Å². The number of ether oxygens (including phenoxy) is 6. The largest absolute Gasteiger partial charge is 0.493 e. The van der Waals surface area contributed by atoms with Gasteiger partial charge in [-0.2, -0.15) is 0 Å². The van der Waals surface area contributed by atoms with E-state index in [-0.39, 0.29) is 17.8 Å². The van der Waals surface area contributed by atoms with Gasteiger partial charge in [0.1, 0.15) is 23.3 Å². The topological polar surface area (TPSA) is 134 Å². The predicted octanol–water partition coefficient (Wildman–Crippen LogP) is 7.16. The number of benzene rings is 1. The Morgan fingerprint density at radius 1 is 0.808 bits per heavy atom. The Kier molecular flexibility index (Phi) is 18.5. The zero-order valence-corrected chi connectivity index (χ0v) is 34.1. The van der Waals surface area contributed by atoms with Crippen LogP contribution in [0.25, 0.3) is 0 Å². The van der Waals surface area contributed by atoms with E-state index in [2.05, 4.69) is 29.4 Å². The highest BCUT2D eigenvalue weighted by molar-refractivity contribution is 5.82. The van der Waals surface area contributed by atoms with Crippen LogP contribution in [0, 0.1) is 17.8 Å². The molecule has 2 N–H and O–H groups in total. The molecule has 1 heterocycles. The Balaban J connectivity index is 2.49. The van der Waals surface area contributed by atoms with Crippen LogP contribution in [0.2, 0.25) is 0 Å². The van der Waals surface area contributed by atoms with Crippen LogP contribution in [0.5, 0.6) is 11.5 Å². The number of piperidine rings is 1. The van der Waals surface area contributed by atoms with Gasteiger partial charge in [-0.05, 0) is 116 Å². The normalized spacial score (nSPS) is 16.4. The van der Waals surface area contributed by atoms with Gasteiger partial charge in [-0.3, -0.25) is 4.90 Å². The lowest BCUT2D eigenvalue weighted by atomic mass is 9.82. The summed E-state index contributed by atoms with van der Waals surface area (Å²) >= 11 is 0. The molecule has 0 radical (unpaired) electrons. The number of carbonyl (C=O) groups is 3. The van der Waals surface area contributed by atoms with E-state index in [1.54, 1.807) is 35.0 Å². The maximum absolute atomic E-state index is 14.0. The zero-order chi connectivity index (χ0) is 39.1. The second-order valence-electron chi connectivity index (χ2n) is 16.6. The van der Waals surface area contributed by atoms with Gasteiger partial charge in [-0.15, -0.1) is 0 Å². The van der Waals surface area contributed by atoms with Gasteiger partial charge in [0.05, 0.1) is 19.8 Å². The van der Waals surface area contributed by atoms with E-state index in [4.69, 9.17) is 28.4 Å².